The highest BCUT2D eigenvalue weighted by Crippen LogP contribution is 2.49. The zero-order valence-corrected chi connectivity index (χ0v) is 14.6. The topological polar surface area (TPSA) is 40.5 Å². The Morgan fingerprint density at radius 1 is 1.04 bits per heavy atom. The van der Waals surface area contributed by atoms with Crippen LogP contribution in [-0.4, -0.2) is 35.9 Å². The average Bonchev–Trinajstić information content (AvgIpc) is 2.58. The molecule has 2 aromatic carbocycles. The molecule has 3 nitrogen and oxygen atoms in total. The van der Waals surface area contributed by atoms with E-state index in [-0.39, 0.29) is 5.78 Å². The molecule has 1 fully saturated rings. The summed E-state index contributed by atoms with van der Waals surface area (Å²) in [4.78, 5) is 15.4. The first-order valence-corrected chi connectivity index (χ1v) is 8.42. The van der Waals surface area contributed by atoms with Gasteiger partial charge in [-0.05, 0) is 12.6 Å². The van der Waals surface area contributed by atoms with Crippen LogP contribution in [0.2, 0.25) is 0 Å². The summed E-state index contributed by atoms with van der Waals surface area (Å²) in [5, 5.41) is 11.8. The summed E-state index contributed by atoms with van der Waals surface area (Å²) < 4.78 is 0. The van der Waals surface area contributed by atoms with Gasteiger partial charge < -0.3 is 10.0 Å². The summed E-state index contributed by atoms with van der Waals surface area (Å²) in [5.74, 6) is -0.502. The minimum absolute atomic E-state index is 0.00146. The smallest absolute Gasteiger partial charge is 0.170 e. The minimum atomic E-state index is -1.20. The number of hydrogen-bond acceptors (Lipinski definition) is 3. The highest BCUT2D eigenvalue weighted by atomic mass is 16.3. The fourth-order valence-electron chi connectivity index (χ4n) is 4.14. The maximum absolute atomic E-state index is 13.2. The standard InChI is InChI=1S/C21H25NO2/c1-20(2)15-22(3)14-18(19(23)16-10-6-4-7-11-16)21(20,24)17-12-8-5-9-13-17/h4-13,18,24H,14-15H2,1-3H3. The third-order valence-electron chi connectivity index (χ3n) is 5.28. The van der Waals surface area contributed by atoms with Crippen LogP contribution >= 0.6 is 0 Å². The van der Waals surface area contributed by atoms with Crippen LogP contribution in [0.5, 0.6) is 0 Å². The van der Waals surface area contributed by atoms with Gasteiger partial charge in [-0.3, -0.25) is 4.79 Å². The quantitative estimate of drug-likeness (QED) is 0.881. The van der Waals surface area contributed by atoms with Crippen molar-refractivity contribution < 1.29 is 9.90 Å². The number of carbonyl (C=O) groups is 1. The zero-order chi connectivity index (χ0) is 17.4. The number of hydrogen-bond donors (Lipinski definition) is 1. The lowest BCUT2D eigenvalue weighted by Crippen LogP contribution is -2.62. The van der Waals surface area contributed by atoms with Crippen LogP contribution in [0.25, 0.3) is 0 Å². The van der Waals surface area contributed by atoms with Crippen LogP contribution in [0, 0.1) is 11.3 Å². The molecule has 2 aromatic rings. The molecular formula is C21H25NO2. The van der Waals surface area contributed by atoms with Crippen molar-refractivity contribution in [2.24, 2.45) is 11.3 Å². The second-order valence-electron chi connectivity index (χ2n) is 7.50. The molecule has 2 atom stereocenters. The minimum Gasteiger partial charge on any atom is -0.384 e. The molecule has 24 heavy (non-hydrogen) atoms. The van der Waals surface area contributed by atoms with E-state index in [1.54, 1.807) is 0 Å². The Labute approximate surface area is 143 Å². The lowest BCUT2D eigenvalue weighted by Gasteiger charge is -2.53. The molecule has 0 radical (unpaired) electrons. The van der Waals surface area contributed by atoms with Gasteiger partial charge in [0.15, 0.2) is 5.78 Å². The maximum atomic E-state index is 13.2. The fraction of sp³-hybridized carbons (Fsp3) is 0.381. The Bertz CT molecular complexity index is 711. The van der Waals surface area contributed by atoms with Crippen molar-refractivity contribution in [1.29, 1.82) is 0 Å². The highest BCUT2D eigenvalue weighted by molar-refractivity contribution is 5.99. The Morgan fingerprint density at radius 3 is 2.17 bits per heavy atom. The van der Waals surface area contributed by atoms with Crippen molar-refractivity contribution in [2.45, 2.75) is 19.4 Å². The number of aliphatic hydroxyl groups is 1. The van der Waals surface area contributed by atoms with E-state index in [2.05, 4.69) is 4.90 Å². The highest BCUT2D eigenvalue weighted by Gasteiger charge is 2.56. The van der Waals surface area contributed by atoms with Crippen LogP contribution in [0.3, 0.4) is 0 Å². The van der Waals surface area contributed by atoms with E-state index in [9.17, 15) is 9.90 Å². The number of piperidine rings is 1. The predicted molar refractivity (Wildman–Crippen MR) is 95.9 cm³/mol. The Morgan fingerprint density at radius 2 is 1.58 bits per heavy atom. The summed E-state index contributed by atoms with van der Waals surface area (Å²) >= 11 is 0. The second-order valence-corrected chi connectivity index (χ2v) is 7.50. The third-order valence-corrected chi connectivity index (χ3v) is 5.28. The van der Waals surface area contributed by atoms with Crippen molar-refractivity contribution >= 4 is 5.78 Å². The average molecular weight is 323 g/mol. The summed E-state index contributed by atoms with van der Waals surface area (Å²) in [7, 11) is 2.01. The van der Waals surface area contributed by atoms with E-state index in [1.807, 2.05) is 81.6 Å². The van der Waals surface area contributed by atoms with Gasteiger partial charge in [0.05, 0.1) is 5.92 Å². The third kappa shape index (κ3) is 2.68. The maximum Gasteiger partial charge on any atom is 0.170 e. The van der Waals surface area contributed by atoms with E-state index in [4.69, 9.17) is 0 Å². The molecule has 126 valence electrons. The lowest BCUT2D eigenvalue weighted by atomic mass is 9.60. The number of rotatable bonds is 3. The fourth-order valence-corrected chi connectivity index (χ4v) is 4.14. The SMILES string of the molecule is CN1CC(C(=O)c2ccccc2)C(O)(c2ccccc2)C(C)(C)C1. The van der Waals surface area contributed by atoms with E-state index in [0.717, 1.165) is 12.1 Å². The summed E-state index contributed by atoms with van der Waals surface area (Å²) in [5.41, 5.74) is -0.176. The van der Waals surface area contributed by atoms with Crippen LogP contribution < -0.4 is 0 Å². The molecule has 2 unspecified atom stereocenters. The van der Waals surface area contributed by atoms with Gasteiger partial charge in [0.25, 0.3) is 0 Å². The van der Waals surface area contributed by atoms with Crippen LogP contribution in [0.1, 0.15) is 29.8 Å². The van der Waals surface area contributed by atoms with Gasteiger partial charge in [-0.25, -0.2) is 0 Å². The number of nitrogens with zero attached hydrogens (tertiary/aromatic N) is 1. The molecule has 1 N–H and O–H groups in total. The monoisotopic (exact) mass is 323 g/mol. The Hall–Kier alpha value is -1.97. The van der Waals surface area contributed by atoms with Crippen LogP contribution in [-0.2, 0) is 5.60 Å². The van der Waals surface area contributed by atoms with Crippen LogP contribution in [0.15, 0.2) is 60.7 Å². The molecule has 1 aliphatic rings. The molecule has 0 amide bonds. The van der Waals surface area contributed by atoms with E-state index in [1.165, 1.54) is 0 Å². The number of benzene rings is 2. The van der Waals surface area contributed by atoms with Gasteiger partial charge in [0.1, 0.15) is 5.60 Å². The first kappa shape index (κ1) is 16.9. The molecule has 3 rings (SSSR count). The molecular weight excluding hydrogens is 298 g/mol. The Kier molecular flexibility index (Phi) is 4.33. The van der Waals surface area contributed by atoms with Crippen molar-refractivity contribution in [2.75, 3.05) is 20.1 Å². The molecule has 1 heterocycles. The van der Waals surface area contributed by atoms with Gasteiger partial charge in [-0.1, -0.05) is 74.5 Å². The molecule has 1 saturated heterocycles. The molecule has 3 heteroatoms. The van der Waals surface area contributed by atoms with Crippen molar-refractivity contribution in [1.82, 2.24) is 4.90 Å². The van der Waals surface area contributed by atoms with Crippen molar-refractivity contribution in [3.05, 3.63) is 71.8 Å². The van der Waals surface area contributed by atoms with Gasteiger partial charge in [0.2, 0.25) is 0 Å². The van der Waals surface area contributed by atoms with E-state index in [0.29, 0.717) is 12.1 Å². The molecule has 0 aliphatic carbocycles. The van der Waals surface area contributed by atoms with E-state index < -0.39 is 16.9 Å². The number of carbonyl (C=O) groups excluding carboxylic acids is 1. The van der Waals surface area contributed by atoms with Crippen molar-refractivity contribution in [3.63, 3.8) is 0 Å². The molecule has 0 spiro atoms. The Balaban J connectivity index is 2.12. The molecule has 0 saturated carbocycles. The number of ketones is 1. The van der Waals surface area contributed by atoms with Gasteiger partial charge in [0, 0.05) is 24.1 Å². The zero-order valence-electron chi connectivity index (χ0n) is 14.6. The van der Waals surface area contributed by atoms with E-state index >= 15 is 0 Å². The number of likely N-dealkylation sites (tertiary alicyclic amines) is 1. The summed E-state index contributed by atoms with van der Waals surface area (Å²) in [6.45, 7) is 5.36. The van der Waals surface area contributed by atoms with Gasteiger partial charge in [-0.15, -0.1) is 0 Å². The van der Waals surface area contributed by atoms with Gasteiger partial charge in [-0.2, -0.15) is 0 Å². The summed E-state index contributed by atoms with van der Waals surface area (Å²) in [6.07, 6.45) is 0. The predicted octanol–water partition coefficient (Wildman–Crippen LogP) is 3.34. The lowest BCUT2D eigenvalue weighted by molar-refractivity contribution is -0.148. The molecule has 0 aromatic heterocycles. The van der Waals surface area contributed by atoms with Crippen molar-refractivity contribution in [3.8, 4) is 0 Å². The largest absolute Gasteiger partial charge is 0.384 e. The van der Waals surface area contributed by atoms with Crippen LogP contribution in [0.4, 0.5) is 0 Å². The summed E-state index contributed by atoms with van der Waals surface area (Å²) in [6, 6.07) is 18.9. The second kappa shape index (κ2) is 6.15. The molecule has 1 aliphatic heterocycles. The normalized spacial score (nSPS) is 26.9. The number of Topliss-reactive ketones (excluding diaryl/α,β-unsaturated/α-hetero) is 1. The first-order valence-electron chi connectivity index (χ1n) is 8.42. The van der Waals surface area contributed by atoms with Gasteiger partial charge >= 0.3 is 0 Å². The molecule has 0 bridgehead atoms. The first-order chi connectivity index (χ1) is 11.4.